The molecule has 0 aliphatic carbocycles. The number of anilines is 1. The molecule has 3 heterocycles. The highest BCUT2D eigenvalue weighted by atomic mass is 32.2. The van der Waals surface area contributed by atoms with Crippen LogP contribution in [0.25, 0.3) is 5.76 Å². The smallest absolute Gasteiger partial charge is 0.346 e. The number of carbonyl (C=O) groups excluding carboxylic acids is 2. The van der Waals surface area contributed by atoms with Gasteiger partial charge in [-0.05, 0) is 42.4 Å². The molecule has 0 unspecified atom stereocenters. The molecule has 0 radical (unpaired) electrons. The summed E-state index contributed by atoms with van der Waals surface area (Å²) >= 11 is 6.49. The molecule has 24 heavy (non-hydrogen) atoms. The topological polar surface area (TPSA) is 59.5 Å². The lowest BCUT2D eigenvalue weighted by Gasteiger charge is -2.16. The monoisotopic (exact) mass is 354 g/mol. The molecule has 2 aliphatic rings. The zero-order valence-electron chi connectivity index (χ0n) is 12.5. The summed E-state index contributed by atoms with van der Waals surface area (Å²) in [6.07, 6.45) is 1.56. The van der Waals surface area contributed by atoms with Crippen LogP contribution in [0.4, 0.5) is 5.69 Å². The van der Waals surface area contributed by atoms with Crippen LogP contribution in [-0.2, 0) is 9.53 Å². The van der Waals surface area contributed by atoms with Crippen molar-refractivity contribution in [1.29, 1.82) is 0 Å². The van der Waals surface area contributed by atoms with Crippen molar-refractivity contribution in [3.63, 3.8) is 0 Å². The van der Waals surface area contributed by atoms with E-state index in [1.165, 1.54) is 4.90 Å². The molecule has 5 nitrogen and oxygen atoms in total. The quantitative estimate of drug-likeness (QED) is 0.445. The molecule has 4 rings (SSSR count). The van der Waals surface area contributed by atoms with Gasteiger partial charge in [-0.1, -0.05) is 30.4 Å². The predicted molar refractivity (Wildman–Crippen MR) is 95.4 cm³/mol. The lowest BCUT2D eigenvalue weighted by atomic mass is 10.1. The van der Waals surface area contributed by atoms with Crippen molar-refractivity contribution in [1.82, 2.24) is 4.98 Å². The molecule has 1 fully saturated rings. The van der Waals surface area contributed by atoms with Crippen molar-refractivity contribution in [2.45, 2.75) is 6.92 Å². The Morgan fingerprint density at radius 3 is 2.75 bits per heavy atom. The van der Waals surface area contributed by atoms with Crippen molar-refractivity contribution < 1.29 is 14.3 Å². The molecule has 0 bridgehead atoms. The second-order valence-corrected chi connectivity index (χ2v) is 6.89. The van der Waals surface area contributed by atoms with Gasteiger partial charge in [0.1, 0.15) is 10.6 Å². The first-order valence-electron chi connectivity index (χ1n) is 7.11. The zero-order valence-corrected chi connectivity index (χ0v) is 14.1. The maximum atomic E-state index is 12.9. The van der Waals surface area contributed by atoms with Crippen molar-refractivity contribution in [2.75, 3.05) is 4.90 Å². The molecule has 1 aromatic carbocycles. The Bertz CT molecular complexity index is 952. The fourth-order valence-corrected chi connectivity index (χ4v) is 3.92. The van der Waals surface area contributed by atoms with Gasteiger partial charge < -0.3 is 4.74 Å². The summed E-state index contributed by atoms with van der Waals surface area (Å²) in [7, 11) is 0. The van der Waals surface area contributed by atoms with Gasteiger partial charge in [0.25, 0.3) is 5.91 Å². The van der Waals surface area contributed by atoms with Gasteiger partial charge in [-0.3, -0.25) is 14.7 Å². The number of hydrogen-bond donors (Lipinski definition) is 0. The minimum Gasteiger partial charge on any atom is -0.419 e. The second kappa shape index (κ2) is 5.54. The number of esters is 1. The van der Waals surface area contributed by atoms with Crippen molar-refractivity contribution in [3.05, 3.63) is 64.3 Å². The minimum atomic E-state index is -0.505. The van der Waals surface area contributed by atoms with E-state index < -0.39 is 5.97 Å². The van der Waals surface area contributed by atoms with Crippen molar-refractivity contribution in [2.24, 2.45) is 0 Å². The van der Waals surface area contributed by atoms with E-state index in [1.54, 1.807) is 18.3 Å². The number of thioether (sulfide) groups is 1. The SMILES string of the molecule is Cc1ccccc1N1C(=O)/C(=C2/OC(=O)c3cccnc32)SC1=S. The number of pyridine rings is 1. The number of carbonyl (C=O) groups is 2. The van der Waals surface area contributed by atoms with Crippen LogP contribution < -0.4 is 4.90 Å². The maximum Gasteiger partial charge on any atom is 0.346 e. The first kappa shape index (κ1) is 15.0. The van der Waals surface area contributed by atoms with E-state index >= 15 is 0 Å². The highest BCUT2D eigenvalue weighted by Gasteiger charge is 2.41. The summed E-state index contributed by atoms with van der Waals surface area (Å²) in [6.45, 7) is 1.91. The second-order valence-electron chi connectivity index (χ2n) is 5.24. The standard InChI is InChI=1S/C17H10N2O3S2/c1-9-5-2-3-7-11(9)19-15(20)14(24-17(19)23)13-12-10(16(21)22-13)6-4-8-18-12/h2-8H,1H3/b14-13-. The van der Waals surface area contributed by atoms with Crippen LogP contribution in [0.1, 0.15) is 21.6 Å². The lowest BCUT2D eigenvalue weighted by Crippen LogP contribution is -2.28. The number of amides is 1. The van der Waals surface area contributed by atoms with Crippen LogP contribution in [0.2, 0.25) is 0 Å². The van der Waals surface area contributed by atoms with Gasteiger partial charge in [0, 0.05) is 6.20 Å². The third kappa shape index (κ3) is 2.16. The summed E-state index contributed by atoms with van der Waals surface area (Å²) in [6, 6.07) is 10.8. The highest BCUT2D eigenvalue weighted by molar-refractivity contribution is 8.27. The maximum absolute atomic E-state index is 12.9. The van der Waals surface area contributed by atoms with Gasteiger partial charge in [0.15, 0.2) is 10.1 Å². The molecule has 0 N–H and O–H groups in total. The summed E-state index contributed by atoms with van der Waals surface area (Å²) in [5.41, 5.74) is 2.39. The highest BCUT2D eigenvalue weighted by Crippen LogP contribution is 2.42. The van der Waals surface area contributed by atoms with Crippen LogP contribution in [0.5, 0.6) is 0 Å². The number of para-hydroxylation sites is 1. The molecule has 1 amide bonds. The third-order valence-corrected chi connectivity index (χ3v) is 5.12. The van der Waals surface area contributed by atoms with Gasteiger partial charge in [-0.15, -0.1) is 0 Å². The molecule has 118 valence electrons. The number of aromatic nitrogens is 1. The number of benzene rings is 1. The lowest BCUT2D eigenvalue weighted by molar-refractivity contribution is -0.113. The predicted octanol–water partition coefficient (Wildman–Crippen LogP) is 3.29. The Morgan fingerprint density at radius 1 is 1.17 bits per heavy atom. The Hall–Kier alpha value is -2.51. The van der Waals surface area contributed by atoms with E-state index in [1.807, 2.05) is 31.2 Å². The van der Waals surface area contributed by atoms with E-state index in [0.29, 0.717) is 15.6 Å². The number of aryl methyl sites for hydroxylation is 1. The first-order chi connectivity index (χ1) is 11.6. The Labute approximate surface area is 147 Å². The van der Waals surface area contributed by atoms with Crippen molar-refractivity contribution in [3.8, 4) is 0 Å². The average molecular weight is 354 g/mol. The molecule has 0 saturated carbocycles. The number of ether oxygens (including phenoxy) is 1. The number of cyclic esters (lactones) is 1. The first-order valence-corrected chi connectivity index (χ1v) is 8.34. The van der Waals surface area contributed by atoms with E-state index in [4.69, 9.17) is 17.0 Å². The Kier molecular flexibility index (Phi) is 3.47. The molecule has 2 aliphatic heterocycles. The molecule has 0 atom stereocenters. The zero-order chi connectivity index (χ0) is 16.8. The number of hydrogen-bond acceptors (Lipinski definition) is 6. The molecular weight excluding hydrogens is 344 g/mol. The van der Waals surface area contributed by atoms with E-state index in [0.717, 1.165) is 23.0 Å². The molecular formula is C17H10N2O3S2. The fourth-order valence-electron chi connectivity index (χ4n) is 2.63. The van der Waals surface area contributed by atoms with Gasteiger partial charge >= 0.3 is 5.97 Å². The van der Waals surface area contributed by atoms with Gasteiger partial charge in [0.05, 0.1) is 11.3 Å². The normalized spacial score (nSPS) is 19.7. The summed E-state index contributed by atoms with van der Waals surface area (Å²) in [4.78, 5) is 30.8. The largest absolute Gasteiger partial charge is 0.419 e. The van der Waals surface area contributed by atoms with Crippen LogP contribution in [0, 0.1) is 6.92 Å². The van der Waals surface area contributed by atoms with Gasteiger partial charge in [-0.2, -0.15) is 0 Å². The van der Waals surface area contributed by atoms with Gasteiger partial charge in [-0.25, -0.2) is 4.79 Å². The Balaban J connectivity index is 1.83. The summed E-state index contributed by atoms with van der Waals surface area (Å²) < 4.78 is 5.70. The van der Waals surface area contributed by atoms with E-state index in [-0.39, 0.29) is 16.6 Å². The molecule has 1 aromatic heterocycles. The van der Waals surface area contributed by atoms with E-state index in [2.05, 4.69) is 4.98 Å². The third-order valence-electron chi connectivity index (χ3n) is 3.77. The molecule has 2 aromatic rings. The van der Waals surface area contributed by atoms with Crippen LogP contribution in [-0.4, -0.2) is 21.2 Å². The van der Waals surface area contributed by atoms with Crippen LogP contribution >= 0.6 is 24.0 Å². The summed E-state index contributed by atoms with van der Waals surface area (Å²) in [5, 5.41) is 0. The van der Waals surface area contributed by atoms with E-state index in [9.17, 15) is 9.59 Å². The molecule has 1 saturated heterocycles. The molecule has 0 spiro atoms. The number of nitrogens with zero attached hydrogens (tertiary/aromatic N) is 2. The van der Waals surface area contributed by atoms with Crippen LogP contribution in [0.15, 0.2) is 47.5 Å². The average Bonchev–Trinajstić information content (AvgIpc) is 3.06. The van der Waals surface area contributed by atoms with Crippen molar-refractivity contribution >= 4 is 51.6 Å². The summed E-state index contributed by atoms with van der Waals surface area (Å²) in [5.74, 6) is -0.626. The number of rotatable bonds is 1. The number of fused-ring (bicyclic) bond motifs is 1. The number of thiocarbonyl (C=S) groups is 1. The van der Waals surface area contributed by atoms with Crippen LogP contribution in [0.3, 0.4) is 0 Å². The fraction of sp³-hybridized carbons (Fsp3) is 0.0588. The van der Waals surface area contributed by atoms with Gasteiger partial charge in [0.2, 0.25) is 0 Å². The minimum absolute atomic E-state index is 0.184. The molecule has 7 heteroatoms. The Morgan fingerprint density at radius 2 is 1.96 bits per heavy atom.